The van der Waals surface area contributed by atoms with Gasteiger partial charge in [0, 0.05) is 25.2 Å². The molecule has 4 heteroatoms. The maximum atomic E-state index is 14.1. The van der Waals surface area contributed by atoms with Gasteiger partial charge in [0.05, 0.1) is 12.3 Å². The van der Waals surface area contributed by atoms with Crippen molar-refractivity contribution in [1.82, 2.24) is 4.90 Å². The third kappa shape index (κ3) is 3.38. The molecule has 116 valence electrons. The molecule has 0 atom stereocenters. The molecular weight excluding hydrogens is 267 g/mol. The van der Waals surface area contributed by atoms with E-state index in [2.05, 4.69) is 9.80 Å². The Labute approximate surface area is 126 Å². The number of anilines is 1. The predicted octanol–water partition coefficient (Wildman–Crippen LogP) is 2.63. The molecule has 21 heavy (non-hydrogen) atoms. The van der Waals surface area contributed by atoms with Crippen molar-refractivity contribution in [2.24, 2.45) is 5.92 Å². The Bertz CT molecular complexity index is 466. The van der Waals surface area contributed by atoms with Crippen LogP contribution >= 0.6 is 0 Å². The van der Waals surface area contributed by atoms with Gasteiger partial charge in [-0.05, 0) is 50.8 Å². The minimum Gasteiger partial charge on any atom is -0.392 e. The number of hydrogen-bond donors (Lipinski definition) is 1. The van der Waals surface area contributed by atoms with Gasteiger partial charge in [-0.15, -0.1) is 0 Å². The molecule has 3 nitrogen and oxygen atoms in total. The maximum Gasteiger partial charge on any atom is 0.146 e. The van der Waals surface area contributed by atoms with E-state index in [-0.39, 0.29) is 12.4 Å². The summed E-state index contributed by atoms with van der Waals surface area (Å²) in [6, 6.07) is 4.98. The molecule has 0 bridgehead atoms. The normalized spacial score (nSPS) is 21.1. The van der Waals surface area contributed by atoms with E-state index >= 15 is 0 Å². The van der Waals surface area contributed by atoms with E-state index in [9.17, 15) is 9.50 Å². The van der Waals surface area contributed by atoms with Gasteiger partial charge in [0.1, 0.15) is 5.82 Å². The Kier molecular flexibility index (Phi) is 4.76. The lowest BCUT2D eigenvalue weighted by atomic mass is 9.95. The lowest BCUT2D eigenvalue weighted by Gasteiger charge is -2.36. The molecule has 1 aromatic rings. The molecule has 2 aliphatic heterocycles. The first kappa shape index (κ1) is 14.8. The van der Waals surface area contributed by atoms with E-state index in [1.54, 1.807) is 6.07 Å². The summed E-state index contributed by atoms with van der Waals surface area (Å²) in [4.78, 5) is 4.68. The third-order valence-electron chi connectivity index (χ3n) is 4.89. The highest BCUT2D eigenvalue weighted by Crippen LogP contribution is 2.29. The summed E-state index contributed by atoms with van der Waals surface area (Å²) < 4.78 is 14.1. The summed E-state index contributed by atoms with van der Waals surface area (Å²) in [5.41, 5.74) is 1.31. The second-order valence-electron chi connectivity index (χ2n) is 6.34. The second-order valence-corrected chi connectivity index (χ2v) is 6.34. The van der Waals surface area contributed by atoms with Gasteiger partial charge >= 0.3 is 0 Å². The van der Waals surface area contributed by atoms with Gasteiger partial charge in [-0.1, -0.05) is 12.1 Å². The van der Waals surface area contributed by atoms with Crippen LogP contribution in [0.15, 0.2) is 18.2 Å². The molecule has 3 rings (SSSR count). The third-order valence-corrected chi connectivity index (χ3v) is 4.89. The topological polar surface area (TPSA) is 26.7 Å². The minimum atomic E-state index is -0.209. The van der Waals surface area contributed by atoms with E-state index in [0.717, 1.165) is 31.8 Å². The highest BCUT2D eigenvalue weighted by atomic mass is 19.1. The first-order valence-corrected chi connectivity index (χ1v) is 8.13. The van der Waals surface area contributed by atoms with Crippen molar-refractivity contribution in [3.63, 3.8) is 0 Å². The maximum absolute atomic E-state index is 14.1. The molecule has 2 heterocycles. The van der Waals surface area contributed by atoms with Gasteiger partial charge in [0.15, 0.2) is 0 Å². The number of aliphatic hydroxyl groups is 1. The van der Waals surface area contributed by atoms with Crippen molar-refractivity contribution in [2.45, 2.75) is 32.3 Å². The summed E-state index contributed by atoms with van der Waals surface area (Å²) in [5.74, 6) is 0.531. The van der Waals surface area contributed by atoms with Crippen LogP contribution in [0.25, 0.3) is 0 Å². The van der Waals surface area contributed by atoms with E-state index in [1.807, 2.05) is 6.07 Å². The number of likely N-dealkylation sites (tertiary alicyclic amines) is 1. The Morgan fingerprint density at radius 1 is 1.10 bits per heavy atom. The van der Waals surface area contributed by atoms with Crippen LogP contribution in [-0.4, -0.2) is 42.7 Å². The zero-order valence-electron chi connectivity index (χ0n) is 12.6. The van der Waals surface area contributed by atoms with E-state index in [4.69, 9.17) is 0 Å². The SMILES string of the molecule is OCc1cccc(F)c1N1CCC(CN2CCCC2)CC1. The summed E-state index contributed by atoms with van der Waals surface area (Å²) in [5, 5.41) is 9.42. The lowest BCUT2D eigenvalue weighted by molar-refractivity contribution is 0.248. The van der Waals surface area contributed by atoms with Crippen LogP contribution in [0.3, 0.4) is 0 Å². The van der Waals surface area contributed by atoms with Crippen LogP contribution in [0.4, 0.5) is 10.1 Å². The molecule has 0 spiro atoms. The molecule has 0 saturated carbocycles. The van der Waals surface area contributed by atoms with Crippen molar-refractivity contribution in [2.75, 3.05) is 37.6 Å². The average Bonchev–Trinajstić information content (AvgIpc) is 3.01. The number of hydrogen-bond acceptors (Lipinski definition) is 3. The number of piperidine rings is 1. The largest absolute Gasteiger partial charge is 0.392 e. The van der Waals surface area contributed by atoms with Crippen LogP contribution in [0.1, 0.15) is 31.2 Å². The summed E-state index contributed by atoms with van der Waals surface area (Å²) in [6.07, 6.45) is 4.92. The van der Waals surface area contributed by atoms with Crippen LogP contribution in [0.5, 0.6) is 0 Å². The lowest BCUT2D eigenvalue weighted by Crippen LogP contribution is -2.38. The fourth-order valence-corrected chi connectivity index (χ4v) is 3.71. The van der Waals surface area contributed by atoms with Crippen molar-refractivity contribution < 1.29 is 9.50 Å². The van der Waals surface area contributed by atoms with Crippen LogP contribution < -0.4 is 4.90 Å². The van der Waals surface area contributed by atoms with E-state index in [0.29, 0.717) is 11.3 Å². The van der Waals surface area contributed by atoms with Crippen molar-refractivity contribution >= 4 is 5.69 Å². The summed E-state index contributed by atoms with van der Waals surface area (Å²) in [6.45, 7) is 5.40. The van der Waals surface area contributed by atoms with E-state index in [1.165, 1.54) is 38.5 Å². The predicted molar refractivity (Wildman–Crippen MR) is 82.9 cm³/mol. The number of halogens is 1. The fourth-order valence-electron chi connectivity index (χ4n) is 3.71. The Hall–Kier alpha value is -1.13. The molecule has 0 amide bonds. The molecule has 1 N–H and O–H groups in total. The molecule has 2 aliphatic rings. The average molecular weight is 292 g/mol. The zero-order chi connectivity index (χ0) is 14.7. The first-order chi connectivity index (χ1) is 10.3. The monoisotopic (exact) mass is 292 g/mol. The quantitative estimate of drug-likeness (QED) is 0.924. The summed E-state index contributed by atoms with van der Waals surface area (Å²) in [7, 11) is 0. The molecular formula is C17H25FN2O. The van der Waals surface area contributed by atoms with Gasteiger partial charge in [0.25, 0.3) is 0 Å². The Morgan fingerprint density at radius 2 is 1.81 bits per heavy atom. The Morgan fingerprint density at radius 3 is 2.48 bits per heavy atom. The number of para-hydroxylation sites is 1. The highest BCUT2D eigenvalue weighted by molar-refractivity contribution is 5.55. The molecule has 2 saturated heterocycles. The zero-order valence-corrected chi connectivity index (χ0v) is 12.6. The Balaban J connectivity index is 1.60. The van der Waals surface area contributed by atoms with Crippen molar-refractivity contribution in [1.29, 1.82) is 0 Å². The van der Waals surface area contributed by atoms with Gasteiger partial charge in [-0.3, -0.25) is 0 Å². The summed E-state index contributed by atoms with van der Waals surface area (Å²) >= 11 is 0. The highest BCUT2D eigenvalue weighted by Gasteiger charge is 2.25. The fraction of sp³-hybridized carbons (Fsp3) is 0.647. The smallest absolute Gasteiger partial charge is 0.146 e. The van der Waals surface area contributed by atoms with Crippen LogP contribution in [-0.2, 0) is 6.61 Å². The van der Waals surface area contributed by atoms with Crippen molar-refractivity contribution in [3.8, 4) is 0 Å². The van der Waals surface area contributed by atoms with Gasteiger partial charge in [-0.25, -0.2) is 4.39 Å². The van der Waals surface area contributed by atoms with Crippen LogP contribution in [0.2, 0.25) is 0 Å². The molecule has 1 aromatic carbocycles. The van der Waals surface area contributed by atoms with Gasteiger partial charge in [0.2, 0.25) is 0 Å². The molecule has 0 aromatic heterocycles. The van der Waals surface area contributed by atoms with Gasteiger partial charge < -0.3 is 14.9 Å². The van der Waals surface area contributed by atoms with Gasteiger partial charge in [-0.2, -0.15) is 0 Å². The molecule has 0 unspecified atom stereocenters. The molecule has 0 radical (unpaired) electrons. The van der Waals surface area contributed by atoms with E-state index < -0.39 is 0 Å². The first-order valence-electron chi connectivity index (χ1n) is 8.13. The second kappa shape index (κ2) is 6.75. The molecule has 2 fully saturated rings. The number of rotatable bonds is 4. The number of nitrogens with zero attached hydrogens (tertiary/aromatic N) is 2. The van der Waals surface area contributed by atoms with Crippen LogP contribution in [0, 0.1) is 11.7 Å². The minimum absolute atomic E-state index is 0.0964. The van der Waals surface area contributed by atoms with Crippen molar-refractivity contribution in [3.05, 3.63) is 29.6 Å². The number of benzene rings is 1. The molecule has 0 aliphatic carbocycles. The number of aliphatic hydroxyl groups excluding tert-OH is 1. The standard InChI is InChI=1S/C17H25FN2O/c18-16-5-3-4-15(13-21)17(16)20-10-6-14(7-11-20)12-19-8-1-2-9-19/h3-5,14,21H,1-2,6-13H2.